The summed E-state index contributed by atoms with van der Waals surface area (Å²) in [5, 5.41) is 11.9. The summed E-state index contributed by atoms with van der Waals surface area (Å²) in [5.74, 6) is 0.423. The van der Waals surface area contributed by atoms with Gasteiger partial charge in [-0.1, -0.05) is 72.6 Å². The number of methoxy groups -OCH3 is 1. The second-order valence-electron chi connectivity index (χ2n) is 11.2. The third-order valence-corrected chi connectivity index (χ3v) is 7.18. The summed E-state index contributed by atoms with van der Waals surface area (Å²) < 4.78 is 10.7. The summed E-state index contributed by atoms with van der Waals surface area (Å²) >= 11 is 0. The minimum absolute atomic E-state index is 0.269. The van der Waals surface area contributed by atoms with Gasteiger partial charge in [0.1, 0.15) is 5.75 Å². The average molecular weight is 609 g/mol. The van der Waals surface area contributed by atoms with Crippen molar-refractivity contribution in [2.45, 2.75) is 107 Å². The minimum Gasteiger partial charge on any atom is -0.496 e. The van der Waals surface area contributed by atoms with Crippen LogP contribution in [-0.4, -0.2) is 48.6 Å². The number of allylic oxidation sites excluding steroid dienone is 4. The molecule has 0 radical (unpaired) electrons. The summed E-state index contributed by atoms with van der Waals surface area (Å²) in [5.41, 5.74) is 5.80. The summed E-state index contributed by atoms with van der Waals surface area (Å²) in [6.07, 6.45) is 12.6. The third kappa shape index (κ3) is 12.9. The van der Waals surface area contributed by atoms with Gasteiger partial charge in [-0.3, -0.25) is 4.79 Å². The van der Waals surface area contributed by atoms with Gasteiger partial charge in [0.05, 0.1) is 25.0 Å². The Morgan fingerprint density at radius 1 is 1.09 bits per heavy atom. The predicted octanol–water partition coefficient (Wildman–Crippen LogP) is 8.82. The van der Waals surface area contributed by atoms with Crippen LogP contribution in [-0.2, 0) is 17.7 Å². The molecule has 1 unspecified atom stereocenters. The second-order valence-corrected chi connectivity index (χ2v) is 11.2. The van der Waals surface area contributed by atoms with Gasteiger partial charge in [-0.05, 0) is 81.4 Å². The first-order chi connectivity index (χ1) is 21.1. The quantitative estimate of drug-likeness (QED) is 0.0988. The van der Waals surface area contributed by atoms with Gasteiger partial charge in [-0.2, -0.15) is 10.2 Å². The van der Waals surface area contributed by atoms with Crippen molar-refractivity contribution in [2.75, 3.05) is 20.3 Å². The van der Waals surface area contributed by atoms with E-state index in [0.29, 0.717) is 43.1 Å². The van der Waals surface area contributed by atoms with E-state index in [-0.39, 0.29) is 17.9 Å². The molecule has 0 bridgehead atoms. The number of hydrogen-bond acceptors (Lipinski definition) is 6. The molecular formula is C36H56N4O4. The fraction of sp³-hybridized carbons (Fsp3) is 0.556. The van der Waals surface area contributed by atoms with Crippen molar-refractivity contribution in [1.82, 2.24) is 10.2 Å². The molecule has 0 aliphatic carbocycles. The Kier molecular flexibility index (Phi) is 18.4. The first-order valence-electron chi connectivity index (χ1n) is 16.1. The van der Waals surface area contributed by atoms with Crippen LogP contribution >= 0.6 is 0 Å². The van der Waals surface area contributed by atoms with Gasteiger partial charge in [0.25, 0.3) is 5.91 Å². The Labute approximate surface area is 266 Å². The number of amides is 2. The number of ether oxygens (including phenoxy) is 2. The average Bonchev–Trinajstić information content (AvgIpc) is 3.00. The van der Waals surface area contributed by atoms with Gasteiger partial charge in [0.15, 0.2) is 0 Å². The number of benzene rings is 1. The van der Waals surface area contributed by atoms with E-state index in [1.165, 1.54) is 19.3 Å². The molecule has 0 aromatic heterocycles. The van der Waals surface area contributed by atoms with Gasteiger partial charge >= 0.3 is 6.09 Å². The smallest absolute Gasteiger partial charge is 0.410 e. The third-order valence-electron chi connectivity index (χ3n) is 7.18. The zero-order chi connectivity index (χ0) is 33.1. The number of carbonyl (C=O) groups excluding carboxylic acids is 2. The zero-order valence-corrected chi connectivity index (χ0v) is 28.7. The molecule has 44 heavy (non-hydrogen) atoms. The van der Waals surface area contributed by atoms with E-state index in [1.807, 2.05) is 32.1 Å². The molecule has 1 aromatic rings. The molecule has 1 N–H and O–H groups in total. The maximum Gasteiger partial charge on any atom is 0.410 e. The molecule has 0 saturated heterocycles. The Balaban J connectivity index is 0.00000309. The number of unbranched alkanes of at least 4 members (excludes halogenated alkanes) is 2. The lowest BCUT2D eigenvalue weighted by atomic mass is 9.96. The van der Waals surface area contributed by atoms with Crippen molar-refractivity contribution in [2.24, 2.45) is 16.1 Å². The van der Waals surface area contributed by atoms with Crippen molar-refractivity contribution < 1.29 is 19.1 Å². The Morgan fingerprint density at radius 3 is 2.41 bits per heavy atom. The lowest BCUT2D eigenvalue weighted by Gasteiger charge is -2.28. The van der Waals surface area contributed by atoms with Crippen LogP contribution in [0.2, 0.25) is 0 Å². The standard InChI is InChI=1S/C33H48N4O4.C3H8/c1-9-12-13-16-26(7)35-36-31(23(4)10-2)24(5)15-14-17-25(6)34-32(38)29-20-28-22-37(33(39)41-11-3)19-18-27(28)21-30(29)40-8;1-3-2/h14-15,17,20-21,23H,6,9-13,16,18-19,22H2,1-5,7-8H3,(H,34,38);3H2,1-2H3/b17-14-,24-15+,35-26+,36-31+;. The second kappa shape index (κ2) is 21.1. The van der Waals surface area contributed by atoms with Gasteiger partial charge in [0, 0.05) is 30.4 Å². The normalized spacial score (nSPS) is 14.4. The van der Waals surface area contributed by atoms with Crippen molar-refractivity contribution in [1.29, 1.82) is 0 Å². The lowest BCUT2D eigenvalue weighted by Crippen LogP contribution is -2.36. The Morgan fingerprint density at radius 2 is 1.80 bits per heavy atom. The van der Waals surface area contributed by atoms with Crippen LogP contribution in [0.4, 0.5) is 4.79 Å². The molecular weight excluding hydrogens is 552 g/mol. The Hall–Kier alpha value is -3.68. The number of fused-ring (bicyclic) bond motifs is 1. The summed E-state index contributed by atoms with van der Waals surface area (Å²) in [4.78, 5) is 27.0. The first kappa shape index (κ1) is 38.3. The van der Waals surface area contributed by atoms with Gasteiger partial charge in [0.2, 0.25) is 0 Å². The van der Waals surface area contributed by atoms with Crippen LogP contribution in [0.25, 0.3) is 0 Å². The molecule has 2 rings (SSSR count). The van der Waals surface area contributed by atoms with Crippen LogP contribution in [0.3, 0.4) is 0 Å². The van der Waals surface area contributed by atoms with Crippen molar-refractivity contribution in [3.63, 3.8) is 0 Å². The van der Waals surface area contributed by atoms with Gasteiger partial charge < -0.3 is 19.7 Å². The molecule has 2 amide bonds. The van der Waals surface area contributed by atoms with Crippen LogP contribution in [0.1, 0.15) is 115 Å². The number of carbonyl (C=O) groups is 2. The summed E-state index contributed by atoms with van der Waals surface area (Å²) in [6, 6.07) is 3.66. The van der Waals surface area contributed by atoms with Crippen LogP contribution in [0, 0.1) is 5.92 Å². The predicted molar refractivity (Wildman–Crippen MR) is 184 cm³/mol. The molecule has 0 fully saturated rings. The number of hydrogen-bond donors (Lipinski definition) is 1. The van der Waals surface area contributed by atoms with E-state index in [2.05, 4.69) is 56.7 Å². The van der Waals surface area contributed by atoms with Crippen LogP contribution in [0.5, 0.6) is 5.75 Å². The van der Waals surface area contributed by atoms with E-state index >= 15 is 0 Å². The number of nitrogens with one attached hydrogen (secondary N) is 1. The molecule has 8 nitrogen and oxygen atoms in total. The zero-order valence-electron chi connectivity index (χ0n) is 28.7. The van der Waals surface area contributed by atoms with E-state index in [4.69, 9.17) is 9.47 Å². The van der Waals surface area contributed by atoms with Crippen molar-refractivity contribution in [3.8, 4) is 5.75 Å². The van der Waals surface area contributed by atoms with Crippen molar-refractivity contribution >= 4 is 23.4 Å². The molecule has 1 aliphatic rings. The molecule has 0 spiro atoms. The number of nitrogens with zero attached hydrogens (tertiary/aromatic N) is 3. The monoisotopic (exact) mass is 608 g/mol. The highest BCUT2D eigenvalue weighted by molar-refractivity contribution is 6.02. The highest BCUT2D eigenvalue weighted by Crippen LogP contribution is 2.28. The summed E-state index contributed by atoms with van der Waals surface area (Å²) in [7, 11) is 1.54. The molecule has 1 aliphatic heterocycles. The minimum atomic E-state index is -0.350. The van der Waals surface area contributed by atoms with Gasteiger partial charge in [-0.25, -0.2) is 4.79 Å². The molecule has 244 valence electrons. The van der Waals surface area contributed by atoms with Crippen molar-refractivity contribution in [3.05, 3.63) is 64.9 Å². The van der Waals surface area contributed by atoms with E-state index in [1.54, 1.807) is 31.1 Å². The molecule has 1 aromatic carbocycles. The maximum absolute atomic E-state index is 13.2. The van der Waals surface area contributed by atoms with Crippen LogP contribution in [0.15, 0.2) is 58.4 Å². The first-order valence-corrected chi connectivity index (χ1v) is 16.1. The fourth-order valence-corrected chi connectivity index (χ4v) is 4.53. The molecule has 1 atom stereocenters. The molecule has 1 heterocycles. The largest absolute Gasteiger partial charge is 0.496 e. The maximum atomic E-state index is 13.2. The highest BCUT2D eigenvalue weighted by atomic mass is 16.6. The fourth-order valence-electron chi connectivity index (χ4n) is 4.53. The lowest BCUT2D eigenvalue weighted by molar-refractivity contribution is 0.0964. The Bertz CT molecular complexity index is 1210. The topological polar surface area (TPSA) is 92.6 Å². The highest BCUT2D eigenvalue weighted by Gasteiger charge is 2.25. The van der Waals surface area contributed by atoms with E-state index < -0.39 is 0 Å². The van der Waals surface area contributed by atoms with E-state index in [0.717, 1.165) is 47.4 Å². The van der Waals surface area contributed by atoms with Gasteiger partial charge in [-0.15, -0.1) is 0 Å². The molecule has 8 heteroatoms. The summed E-state index contributed by atoms with van der Waals surface area (Å²) in [6.45, 7) is 21.8. The number of rotatable bonds is 14. The molecule has 0 saturated carbocycles. The van der Waals surface area contributed by atoms with E-state index in [9.17, 15) is 9.59 Å². The SMILES string of the molecule is C=C(\C=C/C=C(C)/C(=N/N=C(\C)CCCCC)C(C)CC)NC(=O)c1cc2c(cc1OC)CCN(C(=O)OCC)C2.CCC. The van der Waals surface area contributed by atoms with Crippen LogP contribution < -0.4 is 10.1 Å².